The van der Waals surface area contributed by atoms with Gasteiger partial charge in [-0.3, -0.25) is 9.59 Å². The molecule has 1 aliphatic rings. The molecule has 4 nitrogen and oxygen atoms in total. The van der Waals surface area contributed by atoms with Crippen LogP contribution in [-0.2, 0) is 11.2 Å². The van der Waals surface area contributed by atoms with Crippen LogP contribution in [0.3, 0.4) is 0 Å². The van der Waals surface area contributed by atoms with E-state index in [4.69, 9.17) is 0 Å². The molecule has 0 unspecified atom stereocenters. The summed E-state index contributed by atoms with van der Waals surface area (Å²) in [5.74, 6) is 1.24. The smallest absolute Gasteiger partial charge is 0.251 e. The molecule has 0 spiro atoms. The van der Waals surface area contributed by atoms with Crippen molar-refractivity contribution in [3.8, 4) is 0 Å². The molecule has 0 fully saturated rings. The van der Waals surface area contributed by atoms with Crippen molar-refractivity contribution in [1.29, 1.82) is 0 Å². The number of thioether (sulfide) groups is 1. The highest BCUT2D eigenvalue weighted by Crippen LogP contribution is 2.31. The molecule has 0 saturated heterocycles. The van der Waals surface area contributed by atoms with Crippen LogP contribution in [0.2, 0.25) is 0 Å². The Balaban J connectivity index is 1.68. The minimum atomic E-state index is -0.139. The van der Waals surface area contributed by atoms with Gasteiger partial charge in [0.1, 0.15) is 0 Å². The Morgan fingerprint density at radius 2 is 1.89 bits per heavy atom. The Labute approximate surface area is 165 Å². The van der Waals surface area contributed by atoms with E-state index in [1.165, 1.54) is 5.56 Å². The third-order valence-corrected chi connectivity index (χ3v) is 5.65. The Kier molecular flexibility index (Phi) is 6.22. The number of anilines is 1. The maximum Gasteiger partial charge on any atom is 0.251 e. The van der Waals surface area contributed by atoms with E-state index in [1.807, 2.05) is 19.1 Å². The third kappa shape index (κ3) is 5.13. The van der Waals surface area contributed by atoms with Crippen molar-refractivity contribution < 1.29 is 9.59 Å². The molecule has 142 valence electrons. The Bertz CT molecular complexity index is 831. The zero-order valence-electron chi connectivity index (χ0n) is 16.0. The monoisotopic (exact) mass is 382 g/mol. The normalized spacial score (nSPS) is 14.9. The minimum Gasteiger partial charge on any atom is -0.346 e. The zero-order valence-corrected chi connectivity index (χ0v) is 16.9. The average molecular weight is 383 g/mol. The van der Waals surface area contributed by atoms with Gasteiger partial charge in [-0.15, -0.1) is 11.8 Å². The number of hydrogen-bond donors (Lipinski definition) is 2. The fourth-order valence-electron chi connectivity index (χ4n) is 3.14. The zero-order chi connectivity index (χ0) is 19.4. The molecule has 1 heterocycles. The van der Waals surface area contributed by atoms with Crippen molar-refractivity contribution in [1.82, 2.24) is 5.32 Å². The molecular weight excluding hydrogens is 356 g/mol. The van der Waals surface area contributed by atoms with E-state index in [0.717, 1.165) is 28.3 Å². The molecular formula is C22H26N2O2S. The lowest BCUT2D eigenvalue weighted by Gasteiger charge is -2.16. The summed E-state index contributed by atoms with van der Waals surface area (Å²) in [6, 6.07) is 13.8. The van der Waals surface area contributed by atoms with Gasteiger partial charge in [0.2, 0.25) is 5.91 Å². The summed E-state index contributed by atoms with van der Waals surface area (Å²) in [6.07, 6.45) is 1.55. The fraction of sp³-hybridized carbons (Fsp3) is 0.364. The van der Waals surface area contributed by atoms with Gasteiger partial charge < -0.3 is 10.6 Å². The van der Waals surface area contributed by atoms with Gasteiger partial charge in [-0.2, -0.15) is 0 Å². The molecule has 27 heavy (non-hydrogen) atoms. The first-order chi connectivity index (χ1) is 12.9. The van der Waals surface area contributed by atoms with E-state index in [2.05, 4.69) is 48.7 Å². The van der Waals surface area contributed by atoms with Crippen molar-refractivity contribution in [3.63, 3.8) is 0 Å². The maximum atomic E-state index is 12.7. The van der Waals surface area contributed by atoms with Crippen LogP contribution >= 0.6 is 11.8 Å². The molecule has 0 radical (unpaired) electrons. The molecule has 0 saturated carbocycles. The molecule has 2 N–H and O–H groups in total. The molecule has 0 aliphatic carbocycles. The molecule has 1 atom stereocenters. The topological polar surface area (TPSA) is 58.2 Å². The van der Waals surface area contributed by atoms with E-state index >= 15 is 0 Å². The molecule has 2 amide bonds. The number of nitrogens with one attached hydrogen (secondary N) is 2. The van der Waals surface area contributed by atoms with E-state index in [9.17, 15) is 9.59 Å². The quantitative estimate of drug-likeness (QED) is 0.780. The van der Waals surface area contributed by atoms with Gasteiger partial charge in [-0.05, 0) is 48.6 Å². The van der Waals surface area contributed by atoms with Crippen LogP contribution in [0.1, 0.15) is 54.7 Å². The first-order valence-electron chi connectivity index (χ1n) is 9.39. The molecule has 3 rings (SSSR count). The van der Waals surface area contributed by atoms with Crippen molar-refractivity contribution in [2.75, 3.05) is 11.1 Å². The second kappa shape index (κ2) is 8.61. The number of benzene rings is 2. The number of rotatable bonds is 5. The standard InChI is InChI=1S/C22H26N2O2S/c1-14(2)12-16-4-6-17(7-5-16)15(3)23-22(26)18-8-9-20-19(13-18)24-21(25)10-11-27-20/h4-9,13-15H,10-12H2,1-3H3,(H,23,26)(H,24,25)/t15-/m0/s1. The third-order valence-electron chi connectivity index (χ3n) is 4.57. The van der Waals surface area contributed by atoms with E-state index in [-0.39, 0.29) is 17.9 Å². The number of carbonyl (C=O) groups excluding carboxylic acids is 2. The van der Waals surface area contributed by atoms with Crippen LogP contribution in [0, 0.1) is 5.92 Å². The van der Waals surface area contributed by atoms with Gasteiger partial charge in [-0.1, -0.05) is 38.1 Å². The van der Waals surface area contributed by atoms with Gasteiger partial charge in [0.05, 0.1) is 11.7 Å². The second-order valence-corrected chi connectivity index (χ2v) is 8.53. The first-order valence-corrected chi connectivity index (χ1v) is 10.4. The predicted octanol–water partition coefficient (Wildman–Crippen LogP) is 4.81. The summed E-state index contributed by atoms with van der Waals surface area (Å²) in [5, 5.41) is 5.93. The predicted molar refractivity (Wildman–Crippen MR) is 111 cm³/mol. The number of hydrogen-bond acceptors (Lipinski definition) is 3. The molecule has 2 aromatic carbocycles. The average Bonchev–Trinajstić information content (AvgIpc) is 2.81. The van der Waals surface area contributed by atoms with Crippen LogP contribution in [0.25, 0.3) is 0 Å². The lowest BCUT2D eigenvalue weighted by molar-refractivity contribution is -0.115. The van der Waals surface area contributed by atoms with Crippen LogP contribution in [0.4, 0.5) is 5.69 Å². The van der Waals surface area contributed by atoms with Gasteiger partial charge >= 0.3 is 0 Å². The maximum absolute atomic E-state index is 12.7. The highest BCUT2D eigenvalue weighted by atomic mass is 32.2. The van der Waals surface area contributed by atoms with Crippen LogP contribution in [0.15, 0.2) is 47.4 Å². The summed E-state index contributed by atoms with van der Waals surface area (Å²) < 4.78 is 0. The largest absolute Gasteiger partial charge is 0.346 e. The van der Waals surface area contributed by atoms with Crippen molar-refractivity contribution in [3.05, 3.63) is 59.2 Å². The Morgan fingerprint density at radius 1 is 1.15 bits per heavy atom. The lowest BCUT2D eigenvalue weighted by atomic mass is 10.00. The van der Waals surface area contributed by atoms with Crippen molar-refractivity contribution in [2.45, 2.75) is 44.6 Å². The van der Waals surface area contributed by atoms with Crippen LogP contribution in [0.5, 0.6) is 0 Å². The number of fused-ring (bicyclic) bond motifs is 1. The number of carbonyl (C=O) groups is 2. The highest BCUT2D eigenvalue weighted by molar-refractivity contribution is 7.99. The van der Waals surface area contributed by atoms with E-state index in [1.54, 1.807) is 17.8 Å². The summed E-state index contributed by atoms with van der Waals surface area (Å²) in [7, 11) is 0. The summed E-state index contributed by atoms with van der Waals surface area (Å²) in [6.45, 7) is 6.40. The van der Waals surface area contributed by atoms with Crippen molar-refractivity contribution in [2.24, 2.45) is 5.92 Å². The SMILES string of the molecule is CC(C)Cc1ccc([C@H](C)NC(=O)c2ccc3c(c2)NC(=O)CCS3)cc1. The van der Waals surface area contributed by atoms with Gasteiger partial charge in [0.15, 0.2) is 0 Å². The van der Waals surface area contributed by atoms with Crippen molar-refractivity contribution >= 4 is 29.3 Å². The fourth-order valence-corrected chi connectivity index (χ4v) is 4.08. The Morgan fingerprint density at radius 3 is 2.59 bits per heavy atom. The van der Waals surface area contributed by atoms with Crippen LogP contribution in [-0.4, -0.2) is 17.6 Å². The van der Waals surface area contributed by atoms with E-state index < -0.39 is 0 Å². The number of amides is 2. The molecule has 0 bridgehead atoms. The van der Waals surface area contributed by atoms with Gasteiger partial charge in [0, 0.05) is 22.6 Å². The molecule has 0 aromatic heterocycles. The van der Waals surface area contributed by atoms with E-state index in [0.29, 0.717) is 17.9 Å². The first kappa shape index (κ1) is 19.5. The molecule has 2 aromatic rings. The van der Waals surface area contributed by atoms with Gasteiger partial charge in [0.25, 0.3) is 5.91 Å². The summed E-state index contributed by atoms with van der Waals surface area (Å²) >= 11 is 1.63. The highest BCUT2D eigenvalue weighted by Gasteiger charge is 2.17. The second-order valence-electron chi connectivity index (χ2n) is 7.39. The minimum absolute atomic E-state index is 0.00587. The summed E-state index contributed by atoms with van der Waals surface area (Å²) in [4.78, 5) is 25.4. The van der Waals surface area contributed by atoms with Crippen LogP contribution < -0.4 is 10.6 Å². The lowest BCUT2D eigenvalue weighted by Crippen LogP contribution is -2.26. The summed E-state index contributed by atoms with van der Waals surface area (Å²) in [5.41, 5.74) is 3.67. The molecule has 1 aliphatic heterocycles. The van der Waals surface area contributed by atoms with Gasteiger partial charge in [-0.25, -0.2) is 0 Å². The Hall–Kier alpha value is -2.27. The molecule has 5 heteroatoms.